The van der Waals surface area contributed by atoms with Gasteiger partial charge in [-0.1, -0.05) is 0 Å². The summed E-state index contributed by atoms with van der Waals surface area (Å²) in [6.07, 6.45) is 0. The van der Waals surface area contributed by atoms with Crippen molar-refractivity contribution >= 4 is 13.3 Å². The van der Waals surface area contributed by atoms with E-state index in [-0.39, 0.29) is 11.2 Å². The lowest BCUT2D eigenvalue weighted by atomic mass is 9.94. The highest BCUT2D eigenvalue weighted by Gasteiger charge is 2.05. The Hall–Kier alpha value is -1.06. The van der Waals surface area contributed by atoms with E-state index in [1.165, 1.54) is 7.11 Å². The summed E-state index contributed by atoms with van der Waals surface area (Å²) in [5.74, 6) is -1.49. The van der Waals surface area contributed by atoms with Crippen molar-refractivity contribution in [3.8, 4) is 5.75 Å². The molecule has 0 atom stereocenters. The highest BCUT2D eigenvalue weighted by Crippen LogP contribution is 2.10. The van der Waals surface area contributed by atoms with Crippen LogP contribution in [0.5, 0.6) is 5.75 Å². The second-order valence-electron chi connectivity index (χ2n) is 2.00. The van der Waals surface area contributed by atoms with Gasteiger partial charge in [0.2, 0.25) is 0 Å². The molecule has 0 aromatic heterocycles. The van der Waals surface area contributed by atoms with Crippen molar-refractivity contribution in [1.29, 1.82) is 0 Å². The van der Waals surface area contributed by atoms with E-state index in [9.17, 15) is 8.78 Å². The normalized spacial score (nSPS) is 9.73. The van der Waals surface area contributed by atoms with E-state index in [0.29, 0.717) is 6.07 Å². The third-order valence-electron chi connectivity index (χ3n) is 1.28. The van der Waals surface area contributed by atoms with Gasteiger partial charge in [-0.3, -0.25) is 0 Å². The molecule has 0 aliphatic heterocycles. The number of methoxy groups -OCH3 is 1. The Morgan fingerprint density at radius 2 is 2.00 bits per heavy atom. The molecule has 0 unspecified atom stereocenters. The molecule has 1 nitrogen and oxygen atoms in total. The van der Waals surface area contributed by atoms with Crippen LogP contribution in [-0.4, -0.2) is 15.0 Å². The fourth-order valence-electron chi connectivity index (χ4n) is 0.730. The first-order valence-electron chi connectivity index (χ1n) is 2.93. The van der Waals surface area contributed by atoms with Crippen LogP contribution in [-0.2, 0) is 0 Å². The highest BCUT2D eigenvalue weighted by molar-refractivity contribution is 6.34. The van der Waals surface area contributed by atoms with Gasteiger partial charge in [0.15, 0.2) is 0 Å². The summed E-state index contributed by atoms with van der Waals surface area (Å²) in [6, 6.07) is 1.73. The fourth-order valence-corrected chi connectivity index (χ4v) is 0.730. The van der Waals surface area contributed by atoms with E-state index in [0.717, 1.165) is 6.07 Å². The summed E-state index contributed by atoms with van der Waals surface area (Å²) in [4.78, 5) is 0. The van der Waals surface area contributed by atoms with Crippen LogP contribution in [0.3, 0.4) is 0 Å². The van der Waals surface area contributed by atoms with Gasteiger partial charge in [0, 0.05) is 12.1 Å². The summed E-state index contributed by atoms with van der Waals surface area (Å²) >= 11 is 0. The van der Waals surface area contributed by atoms with Gasteiger partial charge in [-0.2, -0.15) is 0 Å². The van der Waals surface area contributed by atoms with Crippen molar-refractivity contribution in [1.82, 2.24) is 0 Å². The van der Waals surface area contributed by atoms with Gasteiger partial charge in [0.1, 0.15) is 25.2 Å². The highest BCUT2D eigenvalue weighted by atomic mass is 19.1. The third kappa shape index (κ3) is 1.50. The second-order valence-corrected chi connectivity index (χ2v) is 2.00. The lowest BCUT2D eigenvalue weighted by molar-refractivity contribution is 0.411. The number of halogens is 2. The molecule has 1 aromatic rings. The van der Waals surface area contributed by atoms with Gasteiger partial charge in [0.25, 0.3) is 0 Å². The van der Waals surface area contributed by atoms with Gasteiger partial charge < -0.3 is 4.74 Å². The molecule has 0 saturated heterocycles. The van der Waals surface area contributed by atoms with E-state index in [1.54, 1.807) is 0 Å². The quantitative estimate of drug-likeness (QED) is 0.542. The van der Waals surface area contributed by atoms with Crippen LogP contribution >= 0.6 is 0 Å². The number of rotatable bonds is 1. The predicted molar refractivity (Wildman–Crippen MR) is 38.3 cm³/mol. The van der Waals surface area contributed by atoms with Crippen LogP contribution in [0.15, 0.2) is 12.1 Å². The Bertz CT molecular complexity index is 275. The maximum absolute atomic E-state index is 12.6. The number of ether oxygens (including phenoxy) is 1. The van der Waals surface area contributed by atoms with Crippen molar-refractivity contribution in [3.05, 3.63) is 23.8 Å². The molecule has 0 heterocycles. The second kappa shape index (κ2) is 2.90. The van der Waals surface area contributed by atoms with Gasteiger partial charge in [0.05, 0.1) is 7.11 Å². The third-order valence-corrected chi connectivity index (χ3v) is 1.28. The summed E-state index contributed by atoms with van der Waals surface area (Å²) in [6.45, 7) is 0. The monoisotopic (exact) mass is 154 g/mol. The van der Waals surface area contributed by atoms with E-state index in [2.05, 4.69) is 4.74 Å². The minimum atomic E-state index is -0.804. The maximum Gasteiger partial charge on any atom is 0.129 e. The minimum absolute atomic E-state index is 0.0162. The smallest absolute Gasteiger partial charge is 0.129 e. The number of hydrogen-bond acceptors (Lipinski definition) is 1. The van der Waals surface area contributed by atoms with Crippen LogP contribution in [0.2, 0.25) is 0 Å². The maximum atomic E-state index is 12.6. The molecule has 0 saturated carbocycles. The van der Waals surface area contributed by atoms with Crippen molar-refractivity contribution < 1.29 is 13.5 Å². The lowest BCUT2D eigenvalue weighted by Crippen LogP contribution is -2.12. The zero-order chi connectivity index (χ0) is 8.43. The van der Waals surface area contributed by atoms with E-state index >= 15 is 0 Å². The topological polar surface area (TPSA) is 9.23 Å². The van der Waals surface area contributed by atoms with Crippen LogP contribution in [0.4, 0.5) is 8.78 Å². The molecule has 0 fully saturated rings. The molecule has 0 spiro atoms. The lowest BCUT2D eigenvalue weighted by Gasteiger charge is -2.04. The Labute approximate surface area is 64.4 Å². The molecule has 0 aliphatic carbocycles. The van der Waals surface area contributed by atoms with Crippen LogP contribution in [0, 0.1) is 11.6 Å². The van der Waals surface area contributed by atoms with Crippen LogP contribution < -0.4 is 10.2 Å². The Balaban J connectivity index is 3.24. The molecule has 1 rings (SSSR count). The largest absolute Gasteiger partial charge is 0.497 e. The molecule has 0 amide bonds. The molecule has 2 radical (unpaired) electrons. The molecule has 4 heteroatoms. The zero-order valence-electron chi connectivity index (χ0n) is 5.90. The van der Waals surface area contributed by atoms with Gasteiger partial charge in [-0.25, -0.2) is 8.78 Å². The summed E-state index contributed by atoms with van der Waals surface area (Å²) in [7, 11) is 6.49. The van der Waals surface area contributed by atoms with Crippen LogP contribution in [0.25, 0.3) is 0 Å². The Morgan fingerprint density at radius 3 is 2.55 bits per heavy atom. The van der Waals surface area contributed by atoms with E-state index in [1.807, 2.05) is 0 Å². The zero-order valence-corrected chi connectivity index (χ0v) is 5.90. The SMILES string of the molecule is [B]c1c(F)cc(F)cc1OC. The van der Waals surface area contributed by atoms with Crippen molar-refractivity contribution in [2.75, 3.05) is 7.11 Å². The number of benzene rings is 1. The average Bonchev–Trinajstić information content (AvgIpc) is 1.96. The summed E-state index contributed by atoms with van der Waals surface area (Å²) < 4.78 is 29.6. The van der Waals surface area contributed by atoms with Crippen LogP contribution in [0.1, 0.15) is 0 Å². The molecule has 0 bridgehead atoms. The first kappa shape index (κ1) is 8.05. The molecule has 0 N–H and O–H groups in total. The predicted octanol–water partition coefficient (Wildman–Crippen LogP) is 0.767. The Morgan fingerprint density at radius 1 is 1.36 bits per heavy atom. The number of hydrogen-bond donors (Lipinski definition) is 0. The first-order chi connectivity index (χ1) is 5.15. The van der Waals surface area contributed by atoms with Crippen molar-refractivity contribution in [3.63, 3.8) is 0 Å². The van der Waals surface area contributed by atoms with Gasteiger partial charge in [-0.05, 0) is 5.46 Å². The molecule has 56 valence electrons. The molecular weight excluding hydrogens is 149 g/mol. The standard InChI is InChI=1S/C7H5BF2O/c1-11-6-3-4(9)2-5(10)7(6)8/h2-3H,1H3. The molecule has 1 aromatic carbocycles. The first-order valence-corrected chi connectivity index (χ1v) is 2.93. The molecule has 0 aliphatic rings. The van der Waals surface area contributed by atoms with Crippen molar-refractivity contribution in [2.24, 2.45) is 0 Å². The van der Waals surface area contributed by atoms with E-state index < -0.39 is 11.6 Å². The van der Waals surface area contributed by atoms with Gasteiger partial charge >= 0.3 is 0 Å². The summed E-state index contributed by atoms with van der Waals surface area (Å²) in [5, 5.41) is 0. The Kier molecular flexibility index (Phi) is 2.12. The van der Waals surface area contributed by atoms with E-state index in [4.69, 9.17) is 7.85 Å². The fraction of sp³-hybridized carbons (Fsp3) is 0.143. The van der Waals surface area contributed by atoms with Gasteiger partial charge in [-0.15, -0.1) is 0 Å². The summed E-state index contributed by atoms with van der Waals surface area (Å²) in [5.41, 5.74) is -0.172. The minimum Gasteiger partial charge on any atom is -0.497 e. The average molecular weight is 154 g/mol. The molecule has 11 heavy (non-hydrogen) atoms. The van der Waals surface area contributed by atoms with Crippen molar-refractivity contribution in [2.45, 2.75) is 0 Å². The molecular formula is C7H5BF2O.